The number of nitrogens with zero attached hydrogens (tertiary/aromatic N) is 2. The molecule has 138 valence electrons. The average molecular weight is 392 g/mol. The maximum atomic E-state index is 11.8. The minimum Gasteiger partial charge on any atom is -0.497 e. The van der Waals surface area contributed by atoms with E-state index in [9.17, 15) is 4.79 Å². The number of hydrogen-bond donors (Lipinski definition) is 1. The highest BCUT2D eigenvalue weighted by Crippen LogP contribution is 2.24. The molecule has 1 saturated heterocycles. The minimum atomic E-state index is -0.352. The van der Waals surface area contributed by atoms with E-state index in [1.165, 1.54) is 24.1 Å². The molecule has 2 heterocycles. The Morgan fingerprint density at radius 1 is 1.12 bits per heavy atom. The predicted molar refractivity (Wildman–Crippen MR) is 109 cm³/mol. The molecule has 3 rings (SSSR count). The van der Waals surface area contributed by atoms with Gasteiger partial charge in [-0.1, -0.05) is 0 Å². The molecule has 0 bridgehead atoms. The largest absolute Gasteiger partial charge is 0.497 e. The van der Waals surface area contributed by atoms with E-state index in [-0.39, 0.29) is 5.97 Å². The number of anilines is 2. The lowest BCUT2D eigenvalue weighted by molar-refractivity contribution is 0.0607. The molecule has 2 aromatic rings. The van der Waals surface area contributed by atoms with Crippen molar-refractivity contribution in [3.05, 3.63) is 40.6 Å². The third-order valence-corrected chi connectivity index (χ3v) is 5.54. The highest BCUT2D eigenvalue weighted by molar-refractivity contribution is 7.80. The summed E-state index contributed by atoms with van der Waals surface area (Å²) in [4.78, 5) is 16.8. The summed E-state index contributed by atoms with van der Waals surface area (Å²) >= 11 is 6.86. The summed E-state index contributed by atoms with van der Waals surface area (Å²) in [5.41, 5.74) is 1.87. The molecule has 1 N–H and O–H groups in total. The number of nitrogens with one attached hydrogen (secondary N) is 1. The van der Waals surface area contributed by atoms with E-state index >= 15 is 0 Å². The van der Waals surface area contributed by atoms with E-state index in [1.807, 2.05) is 23.6 Å². The van der Waals surface area contributed by atoms with Crippen molar-refractivity contribution in [2.24, 2.45) is 0 Å². The number of methoxy groups -OCH3 is 2. The number of esters is 1. The van der Waals surface area contributed by atoms with Gasteiger partial charge in [0.05, 0.1) is 19.9 Å². The van der Waals surface area contributed by atoms with Crippen molar-refractivity contribution in [3.8, 4) is 5.75 Å². The molecule has 0 radical (unpaired) electrons. The second-order valence-corrected chi connectivity index (χ2v) is 7.06. The number of carbonyl (C=O) groups is 1. The average Bonchev–Trinajstić information content (AvgIpc) is 3.15. The first-order valence-electron chi connectivity index (χ1n) is 8.23. The van der Waals surface area contributed by atoms with E-state index in [4.69, 9.17) is 21.7 Å². The molecule has 0 amide bonds. The van der Waals surface area contributed by atoms with Crippen molar-refractivity contribution < 1.29 is 14.3 Å². The van der Waals surface area contributed by atoms with Gasteiger partial charge in [-0.2, -0.15) is 0 Å². The smallest absolute Gasteiger partial charge is 0.350 e. The Hall–Kier alpha value is -2.32. The number of thiocarbonyl (C=S) groups is 1. The molecule has 0 saturated carbocycles. The maximum absolute atomic E-state index is 11.8. The second-order valence-electron chi connectivity index (χ2n) is 5.76. The number of rotatable bonds is 4. The number of benzene rings is 1. The van der Waals surface area contributed by atoms with Crippen molar-refractivity contribution in [1.82, 2.24) is 4.90 Å². The van der Waals surface area contributed by atoms with E-state index in [2.05, 4.69) is 27.2 Å². The third kappa shape index (κ3) is 4.08. The van der Waals surface area contributed by atoms with Gasteiger partial charge in [-0.15, -0.1) is 11.3 Å². The van der Waals surface area contributed by atoms with Gasteiger partial charge in [-0.25, -0.2) is 4.79 Å². The molecule has 0 aliphatic carbocycles. The van der Waals surface area contributed by atoms with Crippen molar-refractivity contribution in [3.63, 3.8) is 0 Å². The number of ether oxygens (including phenoxy) is 2. The monoisotopic (exact) mass is 391 g/mol. The van der Waals surface area contributed by atoms with Crippen LogP contribution < -0.4 is 15.0 Å². The molecule has 6 nitrogen and oxygen atoms in total. The minimum absolute atomic E-state index is 0.352. The normalized spacial score (nSPS) is 14.1. The molecule has 1 aliphatic heterocycles. The molecule has 0 spiro atoms. The second kappa shape index (κ2) is 8.37. The Bertz CT molecular complexity index is 768. The van der Waals surface area contributed by atoms with Gasteiger partial charge in [0.1, 0.15) is 10.6 Å². The number of thiophene rings is 1. The molecule has 1 aromatic heterocycles. The molecule has 8 heteroatoms. The zero-order valence-corrected chi connectivity index (χ0v) is 16.4. The van der Waals surface area contributed by atoms with E-state index in [0.717, 1.165) is 31.9 Å². The molecular weight excluding hydrogens is 370 g/mol. The fourth-order valence-electron chi connectivity index (χ4n) is 2.81. The molecule has 0 unspecified atom stereocenters. The third-order valence-electron chi connectivity index (χ3n) is 4.28. The van der Waals surface area contributed by atoms with Crippen molar-refractivity contribution in [1.29, 1.82) is 0 Å². The van der Waals surface area contributed by atoms with Crippen molar-refractivity contribution in [2.75, 3.05) is 50.6 Å². The Morgan fingerprint density at radius 2 is 1.81 bits per heavy atom. The number of piperazine rings is 1. The van der Waals surface area contributed by atoms with Gasteiger partial charge < -0.3 is 24.6 Å². The molecule has 0 atom stereocenters. The molecular formula is C18H21N3O3S2. The lowest BCUT2D eigenvalue weighted by Gasteiger charge is -2.37. The lowest BCUT2D eigenvalue weighted by Crippen LogP contribution is -2.50. The first-order valence-corrected chi connectivity index (χ1v) is 9.52. The zero-order valence-electron chi connectivity index (χ0n) is 14.7. The van der Waals surface area contributed by atoms with E-state index in [0.29, 0.717) is 15.7 Å². The molecule has 26 heavy (non-hydrogen) atoms. The first-order chi connectivity index (χ1) is 12.6. The summed E-state index contributed by atoms with van der Waals surface area (Å²) in [6.45, 7) is 3.38. The van der Waals surface area contributed by atoms with Crippen LogP contribution in [0.4, 0.5) is 11.4 Å². The molecule has 1 aromatic carbocycles. The maximum Gasteiger partial charge on any atom is 0.350 e. The standard InChI is InChI=1S/C18H21N3O3S2/c1-23-14-5-3-13(4-6-14)20-8-10-21(11-9-20)18(25)19-15-7-12-26-16(15)17(22)24-2/h3-7,12H,8-11H2,1-2H3,(H,19,25). The quantitative estimate of drug-likeness (QED) is 0.635. The predicted octanol–water partition coefficient (Wildman–Crippen LogP) is 3.06. The van der Waals surface area contributed by atoms with Crippen molar-refractivity contribution >= 4 is 46.0 Å². The van der Waals surface area contributed by atoms with E-state index in [1.54, 1.807) is 7.11 Å². The van der Waals surface area contributed by atoms with Crippen LogP contribution in [0.15, 0.2) is 35.7 Å². The lowest BCUT2D eigenvalue weighted by atomic mass is 10.2. The van der Waals surface area contributed by atoms with Gasteiger partial charge in [0.2, 0.25) is 0 Å². The SMILES string of the molecule is COC(=O)c1sccc1NC(=S)N1CCN(c2ccc(OC)cc2)CC1. The van der Waals surface area contributed by atoms with Crippen LogP contribution in [0.3, 0.4) is 0 Å². The van der Waals surface area contributed by atoms with Crippen LogP contribution in [-0.2, 0) is 4.74 Å². The highest BCUT2D eigenvalue weighted by atomic mass is 32.1. The highest BCUT2D eigenvalue weighted by Gasteiger charge is 2.21. The number of carbonyl (C=O) groups excluding carboxylic acids is 1. The van der Waals surface area contributed by atoms with Gasteiger partial charge >= 0.3 is 5.97 Å². The van der Waals surface area contributed by atoms with Gasteiger partial charge in [0.15, 0.2) is 5.11 Å². The molecule has 1 fully saturated rings. The van der Waals surface area contributed by atoms with Crippen LogP contribution >= 0.6 is 23.6 Å². The van der Waals surface area contributed by atoms with Crippen molar-refractivity contribution in [2.45, 2.75) is 0 Å². The summed E-state index contributed by atoms with van der Waals surface area (Å²) in [5.74, 6) is 0.504. The fourth-order valence-corrected chi connectivity index (χ4v) is 3.87. The van der Waals surface area contributed by atoms with Crippen LogP contribution in [0.25, 0.3) is 0 Å². The van der Waals surface area contributed by atoms with Crippen LogP contribution in [-0.4, -0.2) is 56.4 Å². The Kier molecular flexibility index (Phi) is 5.95. The summed E-state index contributed by atoms with van der Waals surface area (Å²) in [6, 6.07) is 9.92. The molecule has 1 aliphatic rings. The van der Waals surface area contributed by atoms with Gasteiger partial charge in [-0.05, 0) is 47.9 Å². The fraction of sp³-hybridized carbons (Fsp3) is 0.333. The van der Waals surface area contributed by atoms with Gasteiger partial charge in [0, 0.05) is 31.9 Å². The Morgan fingerprint density at radius 3 is 2.42 bits per heavy atom. The first kappa shape index (κ1) is 18.5. The van der Waals surface area contributed by atoms with Crippen LogP contribution in [0, 0.1) is 0 Å². The summed E-state index contributed by atoms with van der Waals surface area (Å²) in [5, 5.41) is 5.65. The van der Waals surface area contributed by atoms with Gasteiger partial charge in [-0.3, -0.25) is 0 Å². The summed E-state index contributed by atoms with van der Waals surface area (Å²) < 4.78 is 10.0. The van der Waals surface area contributed by atoms with Gasteiger partial charge in [0.25, 0.3) is 0 Å². The summed E-state index contributed by atoms with van der Waals surface area (Å²) in [6.07, 6.45) is 0. The topological polar surface area (TPSA) is 54.0 Å². The number of hydrogen-bond acceptors (Lipinski definition) is 6. The van der Waals surface area contributed by atoms with Crippen LogP contribution in [0.5, 0.6) is 5.75 Å². The summed E-state index contributed by atoms with van der Waals surface area (Å²) in [7, 11) is 3.05. The van der Waals surface area contributed by atoms with Crippen LogP contribution in [0.1, 0.15) is 9.67 Å². The Labute approximate surface area is 162 Å². The van der Waals surface area contributed by atoms with Crippen LogP contribution in [0.2, 0.25) is 0 Å². The zero-order chi connectivity index (χ0) is 18.5. The van der Waals surface area contributed by atoms with E-state index < -0.39 is 0 Å². The Balaban J connectivity index is 1.57.